The molecule has 3 atom stereocenters. The monoisotopic (exact) mass is 254 g/mol. The molecule has 2 heteroatoms. The van der Waals surface area contributed by atoms with E-state index in [4.69, 9.17) is 0 Å². The molecule has 2 nitrogen and oxygen atoms in total. The Bertz CT molecular complexity index is 195. The number of hydrogen-bond donors (Lipinski definition) is 1. The van der Waals surface area contributed by atoms with Crippen molar-refractivity contribution >= 4 is 0 Å². The molecule has 3 unspecified atom stereocenters. The number of piperidine rings is 1. The third-order valence-corrected chi connectivity index (χ3v) is 4.15. The Kier molecular flexibility index (Phi) is 7.92. The zero-order valence-electron chi connectivity index (χ0n) is 13.0. The van der Waals surface area contributed by atoms with Crippen LogP contribution in [0, 0.1) is 11.8 Å². The Morgan fingerprint density at radius 3 is 2.39 bits per heavy atom. The van der Waals surface area contributed by atoms with E-state index in [0.29, 0.717) is 0 Å². The summed E-state index contributed by atoms with van der Waals surface area (Å²) in [6.07, 6.45) is 6.64. The minimum atomic E-state index is 0.740. The summed E-state index contributed by atoms with van der Waals surface area (Å²) in [4.78, 5) is 2.69. The summed E-state index contributed by atoms with van der Waals surface area (Å²) in [5.74, 6) is 1.79. The van der Waals surface area contributed by atoms with Crippen LogP contribution in [0.25, 0.3) is 0 Å². The minimum Gasteiger partial charge on any atom is -0.314 e. The van der Waals surface area contributed by atoms with Crippen LogP contribution >= 0.6 is 0 Å². The topological polar surface area (TPSA) is 15.3 Å². The van der Waals surface area contributed by atoms with Crippen LogP contribution in [0.2, 0.25) is 0 Å². The highest BCUT2D eigenvalue weighted by atomic mass is 15.1. The van der Waals surface area contributed by atoms with Crippen molar-refractivity contribution in [2.24, 2.45) is 11.8 Å². The van der Waals surface area contributed by atoms with Gasteiger partial charge in [0.15, 0.2) is 0 Å². The van der Waals surface area contributed by atoms with Crippen LogP contribution in [-0.2, 0) is 0 Å². The van der Waals surface area contributed by atoms with Crippen molar-refractivity contribution in [3.8, 4) is 0 Å². The molecular weight excluding hydrogens is 220 g/mol. The molecular formula is C16H34N2. The van der Waals surface area contributed by atoms with Crippen LogP contribution in [0.1, 0.15) is 59.8 Å². The summed E-state index contributed by atoms with van der Waals surface area (Å²) in [5.41, 5.74) is 0. The van der Waals surface area contributed by atoms with Crippen molar-refractivity contribution in [1.29, 1.82) is 0 Å². The largest absolute Gasteiger partial charge is 0.314 e. The predicted molar refractivity (Wildman–Crippen MR) is 81.0 cm³/mol. The molecule has 0 aliphatic carbocycles. The molecule has 1 saturated heterocycles. The normalized spacial score (nSPS) is 27.3. The van der Waals surface area contributed by atoms with Crippen molar-refractivity contribution in [1.82, 2.24) is 10.2 Å². The summed E-state index contributed by atoms with van der Waals surface area (Å²) in [6.45, 7) is 14.5. The number of hydrogen-bond acceptors (Lipinski definition) is 2. The third kappa shape index (κ3) is 6.19. The Labute approximate surface area is 115 Å². The van der Waals surface area contributed by atoms with Gasteiger partial charge in [-0.3, -0.25) is 0 Å². The second-order valence-electron chi connectivity index (χ2n) is 6.41. The molecule has 0 spiro atoms. The Morgan fingerprint density at radius 2 is 1.83 bits per heavy atom. The molecule has 1 rings (SSSR count). The molecule has 18 heavy (non-hydrogen) atoms. The zero-order valence-corrected chi connectivity index (χ0v) is 13.0. The predicted octanol–water partition coefficient (Wildman–Crippen LogP) is 3.52. The van der Waals surface area contributed by atoms with Gasteiger partial charge in [-0.2, -0.15) is 0 Å². The van der Waals surface area contributed by atoms with Crippen LogP contribution in [-0.4, -0.2) is 37.1 Å². The van der Waals surface area contributed by atoms with E-state index >= 15 is 0 Å². The molecule has 0 radical (unpaired) electrons. The fourth-order valence-corrected chi connectivity index (χ4v) is 3.33. The van der Waals surface area contributed by atoms with Gasteiger partial charge < -0.3 is 10.2 Å². The molecule has 108 valence electrons. The van der Waals surface area contributed by atoms with Gasteiger partial charge >= 0.3 is 0 Å². The van der Waals surface area contributed by atoms with Gasteiger partial charge in [0.25, 0.3) is 0 Å². The van der Waals surface area contributed by atoms with Crippen LogP contribution in [0.5, 0.6) is 0 Å². The van der Waals surface area contributed by atoms with E-state index < -0.39 is 0 Å². The number of nitrogens with zero attached hydrogens (tertiary/aromatic N) is 1. The Morgan fingerprint density at radius 1 is 1.17 bits per heavy atom. The molecule has 0 amide bonds. The van der Waals surface area contributed by atoms with Crippen LogP contribution in [0.15, 0.2) is 0 Å². The maximum absolute atomic E-state index is 3.66. The molecule has 1 aliphatic heterocycles. The molecule has 0 aromatic rings. The summed E-state index contributed by atoms with van der Waals surface area (Å²) >= 11 is 0. The molecule has 1 aliphatic rings. The van der Waals surface area contributed by atoms with Crippen molar-refractivity contribution < 1.29 is 0 Å². The van der Waals surface area contributed by atoms with E-state index in [1.165, 1.54) is 58.3 Å². The first kappa shape index (κ1) is 16.0. The number of likely N-dealkylation sites (tertiary alicyclic amines) is 1. The molecule has 1 N–H and O–H groups in total. The Balaban J connectivity index is 2.15. The average Bonchev–Trinajstić information content (AvgIpc) is 2.32. The standard InChI is InChI=1S/C16H34N2/c1-5-9-17-16(6-2)8-7-10-18-12-14(3)11-15(4)13-18/h14-17H,5-13H2,1-4H3. The van der Waals surface area contributed by atoms with E-state index in [1.807, 2.05) is 0 Å². The summed E-state index contributed by atoms with van der Waals surface area (Å²) in [6, 6.07) is 0.740. The SMILES string of the molecule is CCCNC(CC)CCCN1CC(C)CC(C)C1. The van der Waals surface area contributed by atoms with E-state index in [9.17, 15) is 0 Å². The molecule has 1 heterocycles. The summed E-state index contributed by atoms with van der Waals surface area (Å²) in [7, 11) is 0. The van der Waals surface area contributed by atoms with Crippen LogP contribution in [0.3, 0.4) is 0 Å². The van der Waals surface area contributed by atoms with Gasteiger partial charge in [-0.05, 0) is 57.0 Å². The van der Waals surface area contributed by atoms with Gasteiger partial charge in [0, 0.05) is 19.1 Å². The zero-order chi connectivity index (χ0) is 13.4. The maximum atomic E-state index is 3.66. The van der Waals surface area contributed by atoms with Crippen molar-refractivity contribution in [3.63, 3.8) is 0 Å². The molecule has 0 bridgehead atoms. The van der Waals surface area contributed by atoms with Crippen LogP contribution < -0.4 is 5.32 Å². The lowest BCUT2D eigenvalue weighted by Crippen LogP contribution is -2.39. The first-order chi connectivity index (χ1) is 8.65. The summed E-state index contributed by atoms with van der Waals surface area (Å²) < 4.78 is 0. The van der Waals surface area contributed by atoms with Crippen LogP contribution in [0.4, 0.5) is 0 Å². The maximum Gasteiger partial charge on any atom is 0.00649 e. The second-order valence-corrected chi connectivity index (χ2v) is 6.41. The summed E-state index contributed by atoms with van der Waals surface area (Å²) in [5, 5.41) is 3.66. The van der Waals surface area contributed by atoms with Gasteiger partial charge in [-0.25, -0.2) is 0 Å². The van der Waals surface area contributed by atoms with Gasteiger partial charge in [0.1, 0.15) is 0 Å². The number of nitrogens with one attached hydrogen (secondary N) is 1. The first-order valence-electron chi connectivity index (χ1n) is 8.11. The third-order valence-electron chi connectivity index (χ3n) is 4.15. The first-order valence-corrected chi connectivity index (χ1v) is 8.11. The van der Waals surface area contributed by atoms with Gasteiger partial charge in [0.2, 0.25) is 0 Å². The minimum absolute atomic E-state index is 0.740. The Hall–Kier alpha value is -0.0800. The van der Waals surface area contributed by atoms with E-state index in [2.05, 4.69) is 37.9 Å². The van der Waals surface area contributed by atoms with E-state index in [1.54, 1.807) is 0 Å². The van der Waals surface area contributed by atoms with Crippen molar-refractivity contribution in [3.05, 3.63) is 0 Å². The second kappa shape index (κ2) is 8.92. The average molecular weight is 254 g/mol. The highest BCUT2D eigenvalue weighted by Gasteiger charge is 2.21. The lowest BCUT2D eigenvalue weighted by molar-refractivity contribution is 0.137. The van der Waals surface area contributed by atoms with Crippen molar-refractivity contribution in [2.75, 3.05) is 26.2 Å². The van der Waals surface area contributed by atoms with E-state index in [0.717, 1.165) is 17.9 Å². The molecule has 0 saturated carbocycles. The molecule has 1 fully saturated rings. The number of rotatable bonds is 8. The lowest BCUT2D eigenvalue weighted by Gasteiger charge is -2.35. The molecule has 0 aromatic carbocycles. The highest BCUT2D eigenvalue weighted by molar-refractivity contribution is 4.75. The highest BCUT2D eigenvalue weighted by Crippen LogP contribution is 2.21. The smallest absolute Gasteiger partial charge is 0.00649 e. The van der Waals surface area contributed by atoms with Gasteiger partial charge in [0.05, 0.1) is 0 Å². The molecule has 0 aromatic heterocycles. The fourth-order valence-electron chi connectivity index (χ4n) is 3.33. The van der Waals surface area contributed by atoms with E-state index in [-0.39, 0.29) is 0 Å². The fraction of sp³-hybridized carbons (Fsp3) is 1.00. The van der Waals surface area contributed by atoms with Gasteiger partial charge in [-0.15, -0.1) is 0 Å². The van der Waals surface area contributed by atoms with Gasteiger partial charge in [-0.1, -0.05) is 27.7 Å². The van der Waals surface area contributed by atoms with Crippen molar-refractivity contribution in [2.45, 2.75) is 65.8 Å². The lowest BCUT2D eigenvalue weighted by atomic mass is 9.91. The quantitative estimate of drug-likeness (QED) is 0.713.